The Morgan fingerprint density at radius 1 is 1.46 bits per heavy atom. The lowest BCUT2D eigenvalue weighted by Crippen LogP contribution is -2.20. The molecule has 0 aromatic heterocycles. The van der Waals surface area contributed by atoms with Crippen LogP contribution in [0.5, 0.6) is 0 Å². The number of hydrogen-bond donors (Lipinski definition) is 2. The molecule has 1 atom stereocenters. The number of halogens is 1. The SMILES string of the molecule is CC(S)C(=O)Nc1ccc(I)cc1. The minimum Gasteiger partial charge on any atom is -0.325 e. The van der Waals surface area contributed by atoms with Crippen molar-refractivity contribution in [1.82, 2.24) is 0 Å². The molecule has 1 aromatic carbocycles. The molecule has 1 N–H and O–H groups in total. The van der Waals surface area contributed by atoms with Crippen molar-refractivity contribution in [1.29, 1.82) is 0 Å². The number of benzene rings is 1. The van der Waals surface area contributed by atoms with Crippen LogP contribution >= 0.6 is 35.2 Å². The largest absolute Gasteiger partial charge is 0.325 e. The van der Waals surface area contributed by atoms with E-state index in [-0.39, 0.29) is 11.2 Å². The summed E-state index contributed by atoms with van der Waals surface area (Å²) in [6.07, 6.45) is 0. The molecule has 0 aliphatic rings. The molecule has 4 heteroatoms. The van der Waals surface area contributed by atoms with Gasteiger partial charge in [0.25, 0.3) is 0 Å². The monoisotopic (exact) mass is 307 g/mol. The van der Waals surface area contributed by atoms with Gasteiger partial charge in [0.05, 0.1) is 5.25 Å². The van der Waals surface area contributed by atoms with Crippen LogP contribution < -0.4 is 5.32 Å². The summed E-state index contributed by atoms with van der Waals surface area (Å²) in [6, 6.07) is 7.63. The first-order valence-corrected chi connectivity index (χ1v) is 5.43. The highest BCUT2D eigenvalue weighted by molar-refractivity contribution is 14.1. The van der Waals surface area contributed by atoms with Crippen molar-refractivity contribution in [3.8, 4) is 0 Å². The highest BCUT2D eigenvalue weighted by atomic mass is 127. The molecule has 0 bridgehead atoms. The van der Waals surface area contributed by atoms with Crippen LogP contribution in [0.1, 0.15) is 6.92 Å². The molecule has 0 aliphatic carbocycles. The van der Waals surface area contributed by atoms with Crippen molar-refractivity contribution in [3.05, 3.63) is 27.8 Å². The van der Waals surface area contributed by atoms with E-state index < -0.39 is 0 Å². The quantitative estimate of drug-likeness (QED) is 0.638. The van der Waals surface area contributed by atoms with Crippen molar-refractivity contribution < 1.29 is 4.79 Å². The first-order valence-electron chi connectivity index (χ1n) is 3.84. The zero-order valence-corrected chi connectivity index (χ0v) is 10.2. The first-order chi connectivity index (χ1) is 6.09. The number of hydrogen-bond acceptors (Lipinski definition) is 2. The smallest absolute Gasteiger partial charge is 0.236 e. The second kappa shape index (κ2) is 4.85. The maximum absolute atomic E-state index is 11.2. The molecule has 70 valence electrons. The van der Waals surface area contributed by atoms with Crippen LogP contribution in [0.3, 0.4) is 0 Å². The topological polar surface area (TPSA) is 29.1 Å². The Labute approximate surface area is 96.7 Å². The number of nitrogens with one attached hydrogen (secondary N) is 1. The summed E-state index contributed by atoms with van der Waals surface area (Å²) in [4.78, 5) is 11.2. The van der Waals surface area contributed by atoms with Crippen LogP contribution in [0.2, 0.25) is 0 Å². The fraction of sp³-hybridized carbons (Fsp3) is 0.222. The molecule has 0 saturated carbocycles. The minimum absolute atomic E-state index is 0.0791. The average Bonchev–Trinajstić information content (AvgIpc) is 2.08. The lowest BCUT2D eigenvalue weighted by atomic mass is 10.3. The second-order valence-electron chi connectivity index (χ2n) is 2.67. The summed E-state index contributed by atoms with van der Waals surface area (Å²) in [6.45, 7) is 1.74. The van der Waals surface area contributed by atoms with Gasteiger partial charge in [-0.1, -0.05) is 0 Å². The van der Waals surface area contributed by atoms with Crippen LogP contribution in [0, 0.1) is 3.57 Å². The van der Waals surface area contributed by atoms with Gasteiger partial charge < -0.3 is 5.32 Å². The number of thiol groups is 1. The van der Waals surface area contributed by atoms with Gasteiger partial charge in [-0.3, -0.25) is 4.79 Å². The van der Waals surface area contributed by atoms with Crippen molar-refractivity contribution in [2.75, 3.05) is 5.32 Å². The predicted octanol–water partition coefficient (Wildman–Crippen LogP) is 2.55. The number of carbonyl (C=O) groups is 1. The van der Waals surface area contributed by atoms with E-state index in [1.54, 1.807) is 6.92 Å². The van der Waals surface area contributed by atoms with Gasteiger partial charge in [0.1, 0.15) is 0 Å². The fourth-order valence-electron chi connectivity index (χ4n) is 0.780. The Balaban J connectivity index is 2.65. The lowest BCUT2D eigenvalue weighted by molar-refractivity contribution is -0.115. The summed E-state index contributed by atoms with van der Waals surface area (Å²) < 4.78 is 1.15. The normalized spacial score (nSPS) is 12.2. The van der Waals surface area contributed by atoms with Crippen molar-refractivity contribution >= 4 is 46.8 Å². The molecule has 1 aromatic rings. The summed E-state index contributed by atoms with van der Waals surface area (Å²) in [5.74, 6) is -0.0791. The highest BCUT2D eigenvalue weighted by Crippen LogP contribution is 2.11. The van der Waals surface area contributed by atoms with E-state index in [0.717, 1.165) is 9.26 Å². The van der Waals surface area contributed by atoms with Crippen molar-refractivity contribution in [2.24, 2.45) is 0 Å². The molecule has 1 unspecified atom stereocenters. The minimum atomic E-state index is -0.278. The Bertz CT molecular complexity index is 297. The number of carbonyl (C=O) groups excluding carboxylic acids is 1. The summed E-state index contributed by atoms with van der Waals surface area (Å²) in [7, 11) is 0. The molecule has 13 heavy (non-hydrogen) atoms. The van der Waals surface area contributed by atoms with Crippen LogP contribution in [0.25, 0.3) is 0 Å². The molecule has 0 heterocycles. The third-order valence-corrected chi connectivity index (χ3v) is 2.44. The van der Waals surface area contributed by atoms with E-state index in [2.05, 4.69) is 40.5 Å². The molecule has 0 radical (unpaired) electrons. The number of amides is 1. The summed E-state index contributed by atoms with van der Waals surface area (Å²) in [5.41, 5.74) is 0.811. The van der Waals surface area contributed by atoms with Crippen molar-refractivity contribution in [3.63, 3.8) is 0 Å². The Morgan fingerprint density at radius 2 is 2.00 bits per heavy atom. The van der Waals surface area contributed by atoms with Crippen LogP contribution in [0.4, 0.5) is 5.69 Å². The van der Waals surface area contributed by atoms with Crippen LogP contribution in [0.15, 0.2) is 24.3 Å². The van der Waals surface area contributed by atoms with Crippen LogP contribution in [-0.2, 0) is 4.79 Å². The van der Waals surface area contributed by atoms with Gasteiger partial charge >= 0.3 is 0 Å². The Hall–Kier alpha value is -0.230. The molecule has 0 spiro atoms. The molecule has 1 amide bonds. The first kappa shape index (κ1) is 10.8. The molecule has 1 rings (SSSR count). The van der Waals surface area contributed by atoms with E-state index in [4.69, 9.17) is 0 Å². The summed E-state index contributed by atoms with van der Waals surface area (Å²) >= 11 is 6.25. The molecule has 0 fully saturated rings. The average molecular weight is 307 g/mol. The standard InChI is InChI=1S/C9H10INOS/c1-6(13)9(12)11-8-4-2-7(10)3-5-8/h2-6,13H,1H3,(H,11,12). The lowest BCUT2D eigenvalue weighted by Gasteiger charge is -2.06. The van der Waals surface area contributed by atoms with E-state index in [1.165, 1.54) is 0 Å². The number of anilines is 1. The second-order valence-corrected chi connectivity index (χ2v) is 4.69. The number of rotatable bonds is 2. The summed E-state index contributed by atoms with van der Waals surface area (Å²) in [5, 5.41) is 2.47. The van der Waals surface area contributed by atoms with Gasteiger partial charge in [0.2, 0.25) is 5.91 Å². The third-order valence-electron chi connectivity index (χ3n) is 1.49. The van der Waals surface area contributed by atoms with Gasteiger partial charge in [0, 0.05) is 9.26 Å². The van der Waals surface area contributed by atoms with Gasteiger partial charge in [-0.2, -0.15) is 12.6 Å². The third kappa shape index (κ3) is 3.56. The predicted molar refractivity (Wildman–Crippen MR) is 66.2 cm³/mol. The zero-order valence-electron chi connectivity index (χ0n) is 7.12. The van der Waals surface area contributed by atoms with Gasteiger partial charge in [-0.15, -0.1) is 0 Å². The zero-order chi connectivity index (χ0) is 9.84. The van der Waals surface area contributed by atoms with E-state index >= 15 is 0 Å². The van der Waals surface area contributed by atoms with E-state index in [1.807, 2.05) is 24.3 Å². The van der Waals surface area contributed by atoms with Gasteiger partial charge in [-0.25, -0.2) is 0 Å². The van der Waals surface area contributed by atoms with Crippen molar-refractivity contribution in [2.45, 2.75) is 12.2 Å². The Morgan fingerprint density at radius 3 is 2.46 bits per heavy atom. The van der Waals surface area contributed by atoms with E-state index in [9.17, 15) is 4.79 Å². The molecule has 0 saturated heterocycles. The van der Waals surface area contributed by atoms with Gasteiger partial charge in [-0.05, 0) is 53.8 Å². The molecular weight excluding hydrogens is 297 g/mol. The maximum Gasteiger partial charge on any atom is 0.236 e. The molecular formula is C9H10INOS. The maximum atomic E-state index is 11.2. The Kier molecular flexibility index (Phi) is 4.05. The van der Waals surface area contributed by atoms with E-state index in [0.29, 0.717) is 0 Å². The van der Waals surface area contributed by atoms with Crippen LogP contribution in [-0.4, -0.2) is 11.2 Å². The molecule has 0 aliphatic heterocycles. The highest BCUT2D eigenvalue weighted by Gasteiger charge is 2.06. The molecule has 2 nitrogen and oxygen atoms in total. The fourth-order valence-corrected chi connectivity index (χ4v) is 1.20. The van der Waals surface area contributed by atoms with Gasteiger partial charge in [0.15, 0.2) is 0 Å².